The highest BCUT2D eigenvalue weighted by atomic mass is 16.5. The second-order valence-corrected chi connectivity index (χ2v) is 4.50. The summed E-state index contributed by atoms with van der Waals surface area (Å²) in [5.74, 6) is 0.216. The first-order valence-electron chi connectivity index (χ1n) is 5.61. The van der Waals surface area contributed by atoms with Gasteiger partial charge in [-0.1, -0.05) is 13.8 Å². The molecule has 1 fully saturated rings. The summed E-state index contributed by atoms with van der Waals surface area (Å²) in [5.41, 5.74) is 0. The first-order chi connectivity index (χ1) is 7.06. The fourth-order valence-electron chi connectivity index (χ4n) is 2.03. The van der Waals surface area contributed by atoms with Gasteiger partial charge in [-0.2, -0.15) is 0 Å². The van der Waals surface area contributed by atoms with Crippen LogP contribution in [-0.4, -0.2) is 49.2 Å². The van der Waals surface area contributed by atoms with Crippen molar-refractivity contribution in [3.8, 4) is 0 Å². The Morgan fingerprint density at radius 2 is 2.20 bits per heavy atom. The fraction of sp³-hybridized carbons (Fsp3) is 0.909. The van der Waals surface area contributed by atoms with Crippen LogP contribution in [0.3, 0.4) is 0 Å². The van der Waals surface area contributed by atoms with Gasteiger partial charge in [0.1, 0.15) is 0 Å². The largest absolute Gasteiger partial charge is 0.383 e. The first-order valence-corrected chi connectivity index (χ1v) is 5.61. The monoisotopic (exact) mass is 214 g/mol. The van der Waals surface area contributed by atoms with Crippen LogP contribution >= 0.6 is 0 Å². The first kappa shape index (κ1) is 12.5. The molecule has 4 nitrogen and oxygen atoms in total. The fourth-order valence-corrected chi connectivity index (χ4v) is 2.03. The van der Waals surface area contributed by atoms with Crippen molar-refractivity contribution in [2.24, 2.45) is 0 Å². The lowest BCUT2D eigenvalue weighted by molar-refractivity contribution is -0.132. The minimum absolute atomic E-state index is 0.00399. The number of hydrogen-bond acceptors (Lipinski definition) is 3. The number of nitrogens with zero attached hydrogens (tertiary/aromatic N) is 1. The summed E-state index contributed by atoms with van der Waals surface area (Å²) in [6.07, 6.45) is 0.908. The maximum absolute atomic E-state index is 12.0. The van der Waals surface area contributed by atoms with Crippen molar-refractivity contribution in [1.29, 1.82) is 0 Å². The normalized spacial score (nSPS) is 23.9. The number of likely N-dealkylation sites (tertiary alicyclic amines) is 1. The van der Waals surface area contributed by atoms with Crippen LogP contribution in [0.15, 0.2) is 0 Å². The topological polar surface area (TPSA) is 41.6 Å². The average Bonchev–Trinajstić information content (AvgIpc) is 2.48. The Hall–Kier alpha value is -0.610. The van der Waals surface area contributed by atoms with E-state index in [9.17, 15) is 4.79 Å². The molecule has 88 valence electrons. The molecule has 1 amide bonds. The summed E-state index contributed by atoms with van der Waals surface area (Å²) < 4.78 is 5.07. The van der Waals surface area contributed by atoms with Crippen molar-refractivity contribution < 1.29 is 9.53 Å². The average molecular weight is 214 g/mol. The predicted molar refractivity (Wildman–Crippen MR) is 59.7 cm³/mol. The van der Waals surface area contributed by atoms with E-state index in [2.05, 4.69) is 19.2 Å². The lowest BCUT2D eigenvalue weighted by Crippen LogP contribution is -2.45. The van der Waals surface area contributed by atoms with Crippen LogP contribution in [0.2, 0.25) is 0 Å². The SMILES string of the molecule is COCC(C)N1CCC(NC(C)C)C1=O. The van der Waals surface area contributed by atoms with Crippen LogP contribution in [0.4, 0.5) is 0 Å². The molecular weight excluding hydrogens is 192 g/mol. The van der Waals surface area contributed by atoms with E-state index in [0.29, 0.717) is 12.6 Å². The van der Waals surface area contributed by atoms with Crippen LogP contribution < -0.4 is 5.32 Å². The Balaban J connectivity index is 2.48. The molecular formula is C11H22N2O2. The minimum Gasteiger partial charge on any atom is -0.383 e. The van der Waals surface area contributed by atoms with Crippen molar-refractivity contribution >= 4 is 5.91 Å². The molecule has 0 aromatic carbocycles. The number of rotatable bonds is 5. The molecule has 0 aliphatic carbocycles. The predicted octanol–water partition coefficient (Wildman–Crippen LogP) is 0.620. The van der Waals surface area contributed by atoms with Crippen LogP contribution in [0.25, 0.3) is 0 Å². The Morgan fingerprint density at radius 3 is 2.73 bits per heavy atom. The molecule has 1 heterocycles. The van der Waals surface area contributed by atoms with Gasteiger partial charge in [-0.15, -0.1) is 0 Å². The molecule has 2 atom stereocenters. The molecule has 0 bridgehead atoms. The summed E-state index contributed by atoms with van der Waals surface area (Å²) in [7, 11) is 1.67. The van der Waals surface area contributed by atoms with E-state index >= 15 is 0 Å². The number of carbonyl (C=O) groups excluding carboxylic acids is 1. The molecule has 1 aliphatic heterocycles. The zero-order valence-corrected chi connectivity index (χ0v) is 10.1. The zero-order chi connectivity index (χ0) is 11.4. The van der Waals surface area contributed by atoms with E-state index in [0.717, 1.165) is 13.0 Å². The number of hydrogen-bond donors (Lipinski definition) is 1. The Morgan fingerprint density at radius 1 is 1.53 bits per heavy atom. The van der Waals surface area contributed by atoms with Gasteiger partial charge < -0.3 is 15.0 Å². The zero-order valence-electron chi connectivity index (χ0n) is 10.1. The number of methoxy groups -OCH3 is 1. The lowest BCUT2D eigenvalue weighted by Gasteiger charge is -2.24. The third-order valence-corrected chi connectivity index (χ3v) is 2.71. The van der Waals surface area contributed by atoms with E-state index in [1.165, 1.54) is 0 Å². The van der Waals surface area contributed by atoms with E-state index in [1.807, 2.05) is 11.8 Å². The van der Waals surface area contributed by atoms with Crippen LogP contribution in [0, 0.1) is 0 Å². The summed E-state index contributed by atoms with van der Waals surface area (Å²) in [4.78, 5) is 13.9. The van der Waals surface area contributed by atoms with Gasteiger partial charge in [0.15, 0.2) is 0 Å². The molecule has 1 rings (SSSR count). The molecule has 1 aliphatic rings. The van der Waals surface area contributed by atoms with Crippen LogP contribution in [0.5, 0.6) is 0 Å². The Kier molecular flexibility index (Phi) is 4.54. The van der Waals surface area contributed by atoms with Crippen molar-refractivity contribution in [2.75, 3.05) is 20.3 Å². The second-order valence-electron chi connectivity index (χ2n) is 4.50. The molecule has 4 heteroatoms. The van der Waals surface area contributed by atoms with E-state index < -0.39 is 0 Å². The van der Waals surface area contributed by atoms with Gasteiger partial charge in [-0.25, -0.2) is 0 Å². The molecule has 0 spiro atoms. The standard InChI is InChI=1S/C11H22N2O2/c1-8(2)12-10-5-6-13(11(10)14)9(3)7-15-4/h8-10,12H,5-7H2,1-4H3. The Labute approximate surface area is 92.0 Å². The molecule has 0 aromatic rings. The third-order valence-electron chi connectivity index (χ3n) is 2.71. The highest BCUT2D eigenvalue weighted by Crippen LogP contribution is 2.15. The summed E-state index contributed by atoms with van der Waals surface area (Å²) in [6.45, 7) is 7.61. The molecule has 0 saturated carbocycles. The highest BCUT2D eigenvalue weighted by Gasteiger charge is 2.34. The third kappa shape index (κ3) is 3.18. The van der Waals surface area contributed by atoms with Crippen molar-refractivity contribution in [3.63, 3.8) is 0 Å². The maximum atomic E-state index is 12.0. The van der Waals surface area contributed by atoms with Gasteiger partial charge in [0.05, 0.1) is 18.7 Å². The van der Waals surface area contributed by atoms with Crippen molar-refractivity contribution in [3.05, 3.63) is 0 Å². The van der Waals surface area contributed by atoms with E-state index in [1.54, 1.807) is 7.11 Å². The molecule has 1 N–H and O–H groups in total. The highest BCUT2D eigenvalue weighted by molar-refractivity contribution is 5.84. The van der Waals surface area contributed by atoms with Crippen LogP contribution in [0.1, 0.15) is 27.2 Å². The summed E-state index contributed by atoms with van der Waals surface area (Å²) in [6, 6.07) is 0.544. The number of carbonyl (C=O) groups is 1. The quantitative estimate of drug-likeness (QED) is 0.729. The van der Waals surface area contributed by atoms with Crippen molar-refractivity contribution in [2.45, 2.75) is 45.3 Å². The van der Waals surface area contributed by atoms with Gasteiger partial charge in [0, 0.05) is 19.7 Å². The lowest BCUT2D eigenvalue weighted by atomic mass is 10.2. The number of amides is 1. The Bertz CT molecular complexity index is 219. The van der Waals surface area contributed by atoms with E-state index in [4.69, 9.17) is 4.74 Å². The van der Waals surface area contributed by atoms with Gasteiger partial charge >= 0.3 is 0 Å². The molecule has 0 aromatic heterocycles. The van der Waals surface area contributed by atoms with Gasteiger partial charge in [-0.05, 0) is 13.3 Å². The molecule has 2 unspecified atom stereocenters. The molecule has 1 saturated heterocycles. The second kappa shape index (κ2) is 5.47. The smallest absolute Gasteiger partial charge is 0.240 e. The van der Waals surface area contributed by atoms with Gasteiger partial charge in [0.2, 0.25) is 5.91 Å². The van der Waals surface area contributed by atoms with Crippen molar-refractivity contribution in [1.82, 2.24) is 10.2 Å². The van der Waals surface area contributed by atoms with Gasteiger partial charge in [-0.3, -0.25) is 4.79 Å². The van der Waals surface area contributed by atoms with Crippen LogP contribution in [-0.2, 0) is 9.53 Å². The number of ether oxygens (including phenoxy) is 1. The molecule has 0 radical (unpaired) electrons. The van der Waals surface area contributed by atoms with Gasteiger partial charge in [0.25, 0.3) is 0 Å². The maximum Gasteiger partial charge on any atom is 0.240 e. The minimum atomic E-state index is 0.00399. The molecule has 15 heavy (non-hydrogen) atoms. The van der Waals surface area contributed by atoms with E-state index in [-0.39, 0.29) is 18.0 Å². The summed E-state index contributed by atoms with van der Waals surface area (Å²) in [5, 5.41) is 3.29. The number of nitrogens with one attached hydrogen (secondary N) is 1. The summed E-state index contributed by atoms with van der Waals surface area (Å²) >= 11 is 0.